The number of hydrazone groups is 1. The first-order valence-electron chi connectivity index (χ1n) is 3.63. The van der Waals surface area contributed by atoms with Gasteiger partial charge in [-0.1, -0.05) is 22.0 Å². The fraction of sp³-hybridized carbons (Fsp3) is 0.125. The molecule has 13 heavy (non-hydrogen) atoms. The predicted octanol–water partition coefficient (Wildman–Crippen LogP) is 1.77. The van der Waals surface area contributed by atoms with Crippen LogP contribution in [-0.2, 0) is 0 Å². The number of nitrogens with zero attached hydrogens (tertiary/aromatic N) is 1. The van der Waals surface area contributed by atoms with Crippen LogP contribution in [0.4, 0.5) is 0 Å². The minimum atomic E-state index is 0.449. The third-order valence-electron chi connectivity index (χ3n) is 1.35. The van der Waals surface area contributed by atoms with E-state index in [1.54, 1.807) is 11.8 Å². The Morgan fingerprint density at radius 1 is 1.54 bits per heavy atom. The highest BCUT2D eigenvalue weighted by Gasteiger charge is 1.96. The maximum atomic E-state index is 5.45. The summed E-state index contributed by atoms with van der Waals surface area (Å²) in [6, 6.07) is 7.99. The van der Waals surface area contributed by atoms with E-state index in [2.05, 4.69) is 21.0 Å². The molecule has 0 saturated carbocycles. The Bertz CT molecular complexity index is 314. The lowest BCUT2D eigenvalue weighted by Gasteiger charge is -2.00. The van der Waals surface area contributed by atoms with Crippen molar-refractivity contribution in [2.45, 2.75) is 4.90 Å². The van der Waals surface area contributed by atoms with Crippen LogP contribution in [0, 0.1) is 0 Å². The summed E-state index contributed by atoms with van der Waals surface area (Å²) in [6.07, 6.45) is 0. The molecule has 0 unspecified atom stereocenters. The summed E-state index contributed by atoms with van der Waals surface area (Å²) in [6.45, 7) is 0. The normalized spacial score (nSPS) is 11.6. The van der Waals surface area contributed by atoms with Crippen LogP contribution < -0.4 is 11.6 Å². The largest absolute Gasteiger partial charge is 0.385 e. The second-order valence-electron chi connectivity index (χ2n) is 2.37. The number of nitrogens with two attached hydrogens (primary N) is 2. The van der Waals surface area contributed by atoms with Crippen LogP contribution in [0.25, 0.3) is 0 Å². The van der Waals surface area contributed by atoms with Crippen molar-refractivity contribution in [1.82, 2.24) is 0 Å². The van der Waals surface area contributed by atoms with Crippen LogP contribution in [0.1, 0.15) is 0 Å². The van der Waals surface area contributed by atoms with Gasteiger partial charge in [-0.05, 0) is 18.2 Å². The van der Waals surface area contributed by atoms with Crippen molar-refractivity contribution < 1.29 is 0 Å². The maximum Gasteiger partial charge on any atom is 0.129 e. The summed E-state index contributed by atoms with van der Waals surface area (Å²) in [4.78, 5) is 1.14. The molecule has 1 aromatic rings. The van der Waals surface area contributed by atoms with Crippen molar-refractivity contribution in [1.29, 1.82) is 0 Å². The van der Waals surface area contributed by atoms with Crippen LogP contribution in [0.15, 0.2) is 38.7 Å². The van der Waals surface area contributed by atoms with E-state index in [0.29, 0.717) is 11.6 Å². The van der Waals surface area contributed by atoms with Crippen molar-refractivity contribution in [3.05, 3.63) is 28.7 Å². The molecule has 5 heteroatoms. The summed E-state index contributed by atoms with van der Waals surface area (Å²) in [5, 5.41) is 3.39. The molecule has 0 aliphatic heterocycles. The van der Waals surface area contributed by atoms with E-state index < -0.39 is 0 Å². The molecule has 0 aliphatic rings. The van der Waals surface area contributed by atoms with Gasteiger partial charge < -0.3 is 11.6 Å². The highest BCUT2D eigenvalue weighted by molar-refractivity contribution is 9.10. The SMILES string of the molecule is NN=C(N)CSc1cccc(Br)c1. The zero-order chi connectivity index (χ0) is 9.68. The van der Waals surface area contributed by atoms with Crippen LogP contribution in [0.2, 0.25) is 0 Å². The second kappa shape index (κ2) is 5.14. The number of halogens is 1. The Kier molecular flexibility index (Phi) is 4.11. The van der Waals surface area contributed by atoms with Gasteiger partial charge in [0.2, 0.25) is 0 Å². The van der Waals surface area contributed by atoms with E-state index >= 15 is 0 Å². The van der Waals surface area contributed by atoms with Gasteiger partial charge in [0.1, 0.15) is 5.84 Å². The number of thioether (sulfide) groups is 1. The smallest absolute Gasteiger partial charge is 0.129 e. The molecule has 4 N–H and O–H groups in total. The molecule has 70 valence electrons. The Balaban J connectivity index is 2.55. The highest BCUT2D eigenvalue weighted by Crippen LogP contribution is 2.21. The van der Waals surface area contributed by atoms with E-state index in [9.17, 15) is 0 Å². The second-order valence-corrected chi connectivity index (χ2v) is 4.33. The van der Waals surface area contributed by atoms with E-state index in [4.69, 9.17) is 11.6 Å². The first-order chi connectivity index (χ1) is 6.22. The van der Waals surface area contributed by atoms with Crippen LogP contribution in [0.5, 0.6) is 0 Å². The van der Waals surface area contributed by atoms with Gasteiger partial charge in [0.15, 0.2) is 0 Å². The third kappa shape index (κ3) is 3.69. The number of hydrogen-bond donors (Lipinski definition) is 2. The zero-order valence-electron chi connectivity index (χ0n) is 6.90. The van der Waals surface area contributed by atoms with E-state index in [1.807, 2.05) is 24.3 Å². The van der Waals surface area contributed by atoms with Gasteiger partial charge in [-0.3, -0.25) is 0 Å². The molecule has 0 heterocycles. The van der Waals surface area contributed by atoms with Gasteiger partial charge in [0.05, 0.1) is 5.75 Å². The molecule has 0 fully saturated rings. The number of benzene rings is 1. The fourth-order valence-corrected chi connectivity index (χ4v) is 2.08. The highest BCUT2D eigenvalue weighted by atomic mass is 79.9. The minimum absolute atomic E-state index is 0.449. The van der Waals surface area contributed by atoms with Crippen molar-refractivity contribution in [3.63, 3.8) is 0 Å². The van der Waals surface area contributed by atoms with Crippen molar-refractivity contribution >= 4 is 33.5 Å². The van der Waals surface area contributed by atoms with Crippen molar-refractivity contribution in [3.8, 4) is 0 Å². The van der Waals surface area contributed by atoms with Gasteiger partial charge in [-0.2, -0.15) is 5.10 Å². The van der Waals surface area contributed by atoms with Gasteiger partial charge in [-0.15, -0.1) is 11.8 Å². The Morgan fingerprint density at radius 3 is 2.92 bits per heavy atom. The molecule has 0 aromatic heterocycles. The number of rotatable bonds is 3. The fourth-order valence-electron chi connectivity index (χ4n) is 0.751. The summed E-state index contributed by atoms with van der Waals surface area (Å²) >= 11 is 4.99. The average Bonchev–Trinajstić information content (AvgIpc) is 2.14. The summed E-state index contributed by atoms with van der Waals surface area (Å²) in [7, 11) is 0. The lowest BCUT2D eigenvalue weighted by Crippen LogP contribution is -2.16. The van der Waals surface area contributed by atoms with E-state index in [-0.39, 0.29) is 0 Å². The standard InChI is InChI=1S/C8H10BrN3S/c9-6-2-1-3-7(4-6)13-5-8(10)12-11/h1-4H,5,11H2,(H2,10,12). The van der Waals surface area contributed by atoms with Gasteiger partial charge in [0, 0.05) is 9.37 Å². The third-order valence-corrected chi connectivity index (χ3v) is 2.87. The first kappa shape index (κ1) is 10.4. The number of hydrogen-bond acceptors (Lipinski definition) is 3. The molecule has 1 rings (SSSR count). The van der Waals surface area contributed by atoms with Crippen LogP contribution in [0.3, 0.4) is 0 Å². The Labute approximate surface area is 89.7 Å². The molecule has 1 aromatic carbocycles. The Hall–Kier alpha value is -0.680. The molecule has 0 amide bonds. The number of amidine groups is 1. The van der Waals surface area contributed by atoms with E-state index in [0.717, 1.165) is 9.37 Å². The molecule has 0 radical (unpaired) electrons. The lowest BCUT2D eigenvalue weighted by molar-refractivity contribution is 1.22. The summed E-state index contributed by atoms with van der Waals surface area (Å²) in [5.74, 6) is 6.07. The predicted molar refractivity (Wildman–Crippen MR) is 60.7 cm³/mol. The summed E-state index contributed by atoms with van der Waals surface area (Å²) in [5.41, 5.74) is 5.45. The Morgan fingerprint density at radius 2 is 2.31 bits per heavy atom. The van der Waals surface area contributed by atoms with E-state index in [1.165, 1.54) is 0 Å². The summed E-state index contributed by atoms with van der Waals surface area (Å²) < 4.78 is 1.06. The van der Waals surface area contributed by atoms with Crippen LogP contribution in [-0.4, -0.2) is 11.6 Å². The van der Waals surface area contributed by atoms with Gasteiger partial charge in [0.25, 0.3) is 0 Å². The zero-order valence-corrected chi connectivity index (χ0v) is 9.31. The molecular weight excluding hydrogens is 250 g/mol. The quantitative estimate of drug-likeness (QED) is 0.286. The molecule has 0 bridgehead atoms. The molecule has 3 nitrogen and oxygen atoms in total. The van der Waals surface area contributed by atoms with Crippen molar-refractivity contribution in [2.24, 2.45) is 16.7 Å². The molecule has 0 saturated heterocycles. The molecule has 0 spiro atoms. The molecule has 0 aliphatic carbocycles. The topological polar surface area (TPSA) is 64.4 Å². The monoisotopic (exact) mass is 259 g/mol. The van der Waals surface area contributed by atoms with Crippen molar-refractivity contribution in [2.75, 3.05) is 5.75 Å². The first-order valence-corrected chi connectivity index (χ1v) is 5.41. The molecular formula is C8H10BrN3S. The lowest BCUT2D eigenvalue weighted by atomic mass is 10.4. The average molecular weight is 260 g/mol. The van der Waals surface area contributed by atoms with Gasteiger partial charge >= 0.3 is 0 Å². The maximum absolute atomic E-state index is 5.45. The van der Waals surface area contributed by atoms with Gasteiger partial charge in [-0.25, -0.2) is 0 Å². The van der Waals surface area contributed by atoms with Crippen LogP contribution >= 0.6 is 27.7 Å². The minimum Gasteiger partial charge on any atom is -0.385 e. The molecule has 0 atom stereocenters.